The molecule has 0 bridgehead atoms. The molecule has 0 aliphatic heterocycles. The highest BCUT2D eigenvalue weighted by atomic mass is 19.1. The molecule has 0 amide bonds. The Balaban J connectivity index is 2.54. The third kappa shape index (κ3) is 1.41. The van der Waals surface area contributed by atoms with Crippen molar-refractivity contribution >= 4 is 11.5 Å². The van der Waals surface area contributed by atoms with Crippen molar-refractivity contribution in [1.29, 1.82) is 0 Å². The van der Waals surface area contributed by atoms with Crippen LogP contribution in [0.2, 0.25) is 0 Å². The molecule has 0 spiro atoms. The number of allylic oxidation sites excluding steroid dienone is 1. The highest BCUT2D eigenvalue weighted by Crippen LogP contribution is 2.26. The van der Waals surface area contributed by atoms with Gasteiger partial charge in [-0.05, 0) is 36.1 Å². The van der Waals surface area contributed by atoms with Crippen LogP contribution in [0.5, 0.6) is 0 Å². The molecule has 0 saturated carbocycles. The van der Waals surface area contributed by atoms with Crippen LogP contribution >= 0.6 is 0 Å². The molecule has 1 aromatic rings. The van der Waals surface area contributed by atoms with Gasteiger partial charge < -0.3 is 5.11 Å². The Kier molecular flexibility index (Phi) is 2.08. The van der Waals surface area contributed by atoms with Crippen molar-refractivity contribution in [3.63, 3.8) is 0 Å². The van der Waals surface area contributed by atoms with Gasteiger partial charge >= 0.3 is 5.97 Å². The Bertz CT molecular complexity index is 421. The maximum atomic E-state index is 12.9. The van der Waals surface area contributed by atoms with E-state index < -0.39 is 5.97 Å². The standard InChI is InChI=1S/C11H9FO2/c12-8-4-5-9-7(6-8)2-1-3-10(9)11(13)14/h3-6H,1-2H2,(H,13,14). The molecule has 0 aromatic heterocycles. The Morgan fingerprint density at radius 1 is 1.43 bits per heavy atom. The van der Waals surface area contributed by atoms with Crippen molar-refractivity contribution in [2.75, 3.05) is 0 Å². The average molecular weight is 192 g/mol. The van der Waals surface area contributed by atoms with Crippen LogP contribution < -0.4 is 0 Å². The van der Waals surface area contributed by atoms with Crippen LogP contribution in [0, 0.1) is 5.82 Å². The van der Waals surface area contributed by atoms with Gasteiger partial charge in [0.2, 0.25) is 0 Å². The summed E-state index contributed by atoms with van der Waals surface area (Å²) in [5, 5.41) is 8.89. The Hall–Kier alpha value is -1.64. The minimum Gasteiger partial charge on any atom is -0.478 e. The first-order valence-corrected chi connectivity index (χ1v) is 4.41. The molecular formula is C11H9FO2. The molecule has 0 heterocycles. The Morgan fingerprint density at radius 3 is 2.93 bits per heavy atom. The van der Waals surface area contributed by atoms with E-state index in [1.165, 1.54) is 18.2 Å². The van der Waals surface area contributed by atoms with Crippen LogP contribution in [0.25, 0.3) is 5.57 Å². The van der Waals surface area contributed by atoms with Gasteiger partial charge in [0.1, 0.15) is 5.82 Å². The zero-order chi connectivity index (χ0) is 10.1. The zero-order valence-electron chi connectivity index (χ0n) is 7.46. The topological polar surface area (TPSA) is 37.3 Å². The maximum Gasteiger partial charge on any atom is 0.335 e. The SMILES string of the molecule is O=C(O)C1=CCCc2cc(F)ccc21. The highest BCUT2D eigenvalue weighted by Gasteiger charge is 2.17. The summed E-state index contributed by atoms with van der Waals surface area (Å²) in [4.78, 5) is 10.8. The lowest BCUT2D eigenvalue weighted by atomic mass is 9.91. The fourth-order valence-electron chi connectivity index (χ4n) is 1.72. The van der Waals surface area contributed by atoms with E-state index in [4.69, 9.17) is 5.11 Å². The molecular weight excluding hydrogens is 183 g/mol. The van der Waals surface area contributed by atoms with Crippen molar-refractivity contribution in [2.45, 2.75) is 12.8 Å². The van der Waals surface area contributed by atoms with E-state index in [2.05, 4.69) is 0 Å². The summed E-state index contributed by atoms with van der Waals surface area (Å²) >= 11 is 0. The zero-order valence-corrected chi connectivity index (χ0v) is 7.46. The first-order chi connectivity index (χ1) is 6.68. The third-order valence-electron chi connectivity index (χ3n) is 2.35. The van der Waals surface area contributed by atoms with Crippen molar-refractivity contribution < 1.29 is 14.3 Å². The third-order valence-corrected chi connectivity index (χ3v) is 2.35. The fourth-order valence-corrected chi connectivity index (χ4v) is 1.72. The first-order valence-electron chi connectivity index (χ1n) is 4.41. The maximum absolute atomic E-state index is 12.9. The average Bonchev–Trinajstić information content (AvgIpc) is 2.16. The lowest BCUT2D eigenvalue weighted by Crippen LogP contribution is -2.07. The number of rotatable bonds is 1. The van der Waals surface area contributed by atoms with E-state index in [1.807, 2.05) is 0 Å². The second-order valence-electron chi connectivity index (χ2n) is 3.26. The minimum absolute atomic E-state index is 0.284. The number of carboxylic acids is 1. The van der Waals surface area contributed by atoms with Crippen LogP contribution in [0.3, 0.4) is 0 Å². The van der Waals surface area contributed by atoms with Crippen LogP contribution in [0.15, 0.2) is 24.3 Å². The molecule has 2 nitrogen and oxygen atoms in total. The van der Waals surface area contributed by atoms with Gasteiger partial charge in [0.25, 0.3) is 0 Å². The van der Waals surface area contributed by atoms with E-state index in [9.17, 15) is 9.18 Å². The van der Waals surface area contributed by atoms with Gasteiger partial charge in [-0.2, -0.15) is 0 Å². The summed E-state index contributed by atoms with van der Waals surface area (Å²) in [7, 11) is 0. The molecule has 72 valence electrons. The van der Waals surface area contributed by atoms with Gasteiger partial charge in [-0.1, -0.05) is 12.1 Å². The largest absolute Gasteiger partial charge is 0.478 e. The summed E-state index contributed by atoms with van der Waals surface area (Å²) < 4.78 is 12.9. The number of benzene rings is 1. The number of fused-ring (bicyclic) bond motifs is 1. The quantitative estimate of drug-likeness (QED) is 0.740. The number of aryl methyl sites for hydroxylation is 1. The summed E-state index contributed by atoms with van der Waals surface area (Å²) in [5.41, 5.74) is 1.71. The lowest BCUT2D eigenvalue weighted by molar-refractivity contribution is -0.130. The molecule has 0 radical (unpaired) electrons. The van der Waals surface area contributed by atoms with Gasteiger partial charge in [0.05, 0.1) is 5.57 Å². The Labute approximate surface area is 80.7 Å². The van der Waals surface area contributed by atoms with E-state index in [1.54, 1.807) is 6.08 Å². The van der Waals surface area contributed by atoms with Crippen molar-refractivity contribution in [3.05, 3.63) is 41.2 Å². The van der Waals surface area contributed by atoms with Crippen molar-refractivity contribution in [2.24, 2.45) is 0 Å². The number of halogens is 1. The molecule has 2 rings (SSSR count). The normalized spacial score (nSPS) is 14.5. The number of carboxylic acid groups (broad SMARTS) is 1. The molecule has 0 saturated heterocycles. The van der Waals surface area contributed by atoms with Crippen LogP contribution in [-0.2, 0) is 11.2 Å². The number of carbonyl (C=O) groups is 1. The van der Waals surface area contributed by atoms with Crippen molar-refractivity contribution in [1.82, 2.24) is 0 Å². The molecule has 1 aliphatic rings. The number of aliphatic carboxylic acids is 1. The monoisotopic (exact) mass is 192 g/mol. The Morgan fingerprint density at radius 2 is 2.21 bits per heavy atom. The van der Waals surface area contributed by atoms with Gasteiger partial charge in [-0.15, -0.1) is 0 Å². The molecule has 1 aliphatic carbocycles. The number of hydrogen-bond acceptors (Lipinski definition) is 1. The minimum atomic E-state index is -0.947. The van der Waals surface area contributed by atoms with Gasteiger partial charge in [0, 0.05) is 0 Å². The van der Waals surface area contributed by atoms with Gasteiger partial charge in [0.15, 0.2) is 0 Å². The highest BCUT2D eigenvalue weighted by molar-refractivity contribution is 6.16. The summed E-state index contributed by atoms with van der Waals surface area (Å²) in [6, 6.07) is 4.23. The predicted octanol–water partition coefficient (Wildman–Crippen LogP) is 2.24. The van der Waals surface area contributed by atoms with E-state index in [-0.39, 0.29) is 11.4 Å². The van der Waals surface area contributed by atoms with E-state index in [0.717, 1.165) is 5.56 Å². The first kappa shape index (κ1) is 8.94. The summed E-state index contributed by atoms with van der Waals surface area (Å²) in [5.74, 6) is -1.26. The lowest BCUT2D eigenvalue weighted by Gasteiger charge is -2.14. The van der Waals surface area contributed by atoms with Crippen LogP contribution in [0.1, 0.15) is 17.5 Å². The predicted molar refractivity (Wildman–Crippen MR) is 50.3 cm³/mol. The number of hydrogen-bond donors (Lipinski definition) is 1. The van der Waals surface area contributed by atoms with E-state index in [0.29, 0.717) is 18.4 Å². The summed E-state index contributed by atoms with van der Waals surface area (Å²) in [6.45, 7) is 0. The fraction of sp³-hybridized carbons (Fsp3) is 0.182. The second-order valence-corrected chi connectivity index (χ2v) is 3.26. The molecule has 0 fully saturated rings. The van der Waals surface area contributed by atoms with Gasteiger partial charge in [-0.25, -0.2) is 9.18 Å². The summed E-state index contributed by atoms with van der Waals surface area (Å²) in [6.07, 6.45) is 3.06. The van der Waals surface area contributed by atoms with Crippen molar-refractivity contribution in [3.8, 4) is 0 Å². The molecule has 0 atom stereocenters. The van der Waals surface area contributed by atoms with Crippen LogP contribution in [0.4, 0.5) is 4.39 Å². The molecule has 14 heavy (non-hydrogen) atoms. The molecule has 1 aromatic carbocycles. The van der Waals surface area contributed by atoms with Crippen LogP contribution in [-0.4, -0.2) is 11.1 Å². The molecule has 1 N–H and O–H groups in total. The molecule has 0 unspecified atom stereocenters. The smallest absolute Gasteiger partial charge is 0.335 e. The second kappa shape index (κ2) is 3.25. The van der Waals surface area contributed by atoms with E-state index >= 15 is 0 Å². The van der Waals surface area contributed by atoms with Gasteiger partial charge in [-0.3, -0.25) is 0 Å². The molecule has 3 heteroatoms.